The molecule has 7 heavy (non-hydrogen) atoms. The maximum absolute atomic E-state index is 3.93. The average Bonchev–Trinajstić information content (AvgIpc) is 1.72. The molecule has 6 heteroatoms. The maximum Gasteiger partial charge on any atom is 0.278 e. The monoisotopic (exact) mass is 127 g/mol. The molecular formula is CH2ClNO4. The van der Waals surface area contributed by atoms with E-state index in [4.69, 9.17) is 0 Å². The molecule has 1 aromatic heterocycles. The number of hydrogen-bond donors (Lipinski definition) is 0. The minimum Gasteiger partial charge on any atom is -0.233 e. The number of nitrogens with zero attached hydrogens (tertiary/aromatic N) is 1. The molecule has 1 rings (SSSR count). The third-order valence-electron chi connectivity index (χ3n) is 0.227. The van der Waals surface area contributed by atoms with Gasteiger partial charge in [0.25, 0.3) is 6.39 Å². The minimum atomic E-state index is 0. The van der Waals surface area contributed by atoms with Gasteiger partial charge < -0.3 is 0 Å². The lowest BCUT2D eigenvalue weighted by atomic mass is 11.6. The number of aromatic nitrogens is 1. The van der Waals surface area contributed by atoms with Crippen LogP contribution in [-0.4, -0.2) is 5.16 Å². The largest absolute Gasteiger partial charge is 0.278 e. The molecule has 0 aromatic carbocycles. The van der Waals surface area contributed by atoms with Crippen molar-refractivity contribution in [2.24, 2.45) is 0 Å². The Labute approximate surface area is 43.7 Å². The van der Waals surface area contributed by atoms with E-state index in [1.807, 2.05) is 0 Å². The number of rotatable bonds is 0. The van der Waals surface area contributed by atoms with Crippen molar-refractivity contribution < 1.29 is 18.7 Å². The average molecular weight is 127 g/mol. The molecule has 0 saturated heterocycles. The highest BCUT2D eigenvalue weighted by molar-refractivity contribution is 5.85. The third kappa shape index (κ3) is 1.94. The van der Waals surface area contributed by atoms with Crippen LogP contribution in [0, 0.1) is 0 Å². The lowest BCUT2D eigenvalue weighted by Crippen LogP contribution is -1.58. The van der Waals surface area contributed by atoms with Gasteiger partial charge in [-0.25, -0.2) is 4.58 Å². The van der Waals surface area contributed by atoms with Crippen LogP contribution in [0.25, 0.3) is 0 Å². The summed E-state index contributed by atoms with van der Waals surface area (Å²) in [7, 11) is 0. The van der Waals surface area contributed by atoms with Crippen molar-refractivity contribution in [3.05, 3.63) is 6.39 Å². The van der Waals surface area contributed by atoms with Crippen molar-refractivity contribution >= 4 is 12.4 Å². The van der Waals surface area contributed by atoms with E-state index in [2.05, 4.69) is 23.9 Å². The second-order valence-electron chi connectivity index (χ2n) is 0.518. The van der Waals surface area contributed by atoms with Crippen molar-refractivity contribution in [3.63, 3.8) is 0 Å². The molecule has 0 bridgehead atoms. The van der Waals surface area contributed by atoms with E-state index >= 15 is 0 Å². The van der Waals surface area contributed by atoms with Crippen molar-refractivity contribution in [1.82, 2.24) is 5.16 Å². The quantitative estimate of drug-likeness (QED) is 0.487. The molecule has 1 heterocycles. The lowest BCUT2D eigenvalue weighted by molar-refractivity contribution is -0.335. The fourth-order valence-corrected chi connectivity index (χ4v) is 0.0987. The summed E-state index contributed by atoms with van der Waals surface area (Å²) in [6.07, 6.45) is 0.948. The first kappa shape index (κ1) is 6.16. The van der Waals surface area contributed by atoms with Crippen LogP contribution in [-0.2, 0) is 0 Å². The van der Waals surface area contributed by atoms with Crippen molar-refractivity contribution in [1.29, 1.82) is 0 Å². The first-order valence-electron chi connectivity index (χ1n) is 1.18. The minimum absolute atomic E-state index is 0. The first-order chi connectivity index (χ1) is 3.00. The zero-order valence-electron chi connectivity index (χ0n) is 3.07. The SMILES string of the molecule is Cl.c1noooo1. The summed E-state index contributed by atoms with van der Waals surface area (Å²) < 4.78 is 15.1. The van der Waals surface area contributed by atoms with Gasteiger partial charge in [-0.1, -0.05) is 0 Å². The molecule has 0 unspecified atom stereocenters. The van der Waals surface area contributed by atoms with Crippen molar-refractivity contribution in [2.45, 2.75) is 0 Å². The normalized spacial score (nSPS) is 6.86. The summed E-state index contributed by atoms with van der Waals surface area (Å²) in [5.41, 5.74) is 0. The van der Waals surface area contributed by atoms with E-state index in [0.29, 0.717) is 0 Å². The van der Waals surface area contributed by atoms with Gasteiger partial charge in [-0.3, -0.25) is 0 Å². The summed E-state index contributed by atoms with van der Waals surface area (Å²) in [5, 5.41) is 2.98. The lowest BCUT2D eigenvalue weighted by Gasteiger charge is -1.67. The zero-order valence-corrected chi connectivity index (χ0v) is 3.88. The van der Waals surface area contributed by atoms with Gasteiger partial charge in [0, 0.05) is 5.16 Å². The van der Waals surface area contributed by atoms with E-state index in [1.165, 1.54) is 0 Å². The molecule has 0 aliphatic carbocycles. The molecule has 0 aliphatic rings. The summed E-state index contributed by atoms with van der Waals surface area (Å²) in [4.78, 5) is 0. The number of hydrogen-bond acceptors (Lipinski definition) is 5. The fourth-order valence-electron chi connectivity index (χ4n) is 0.0987. The van der Waals surface area contributed by atoms with Gasteiger partial charge in [-0.15, -0.1) is 17.1 Å². The Hall–Kier alpha value is -0.840. The Morgan fingerprint density at radius 2 is 2.14 bits per heavy atom. The molecular weight excluding hydrogens is 125 g/mol. The molecule has 0 amide bonds. The first-order valence-corrected chi connectivity index (χ1v) is 1.18. The Bertz CT molecular complexity index is 83.6. The molecule has 0 atom stereocenters. The molecule has 0 radical (unpaired) electrons. The standard InChI is InChI=1S/CHNO4.ClH/c1-2-4-6-5-3-1;/h1H;1H. The molecule has 0 fully saturated rings. The molecule has 0 spiro atoms. The van der Waals surface area contributed by atoms with Crippen LogP contribution < -0.4 is 0 Å². The summed E-state index contributed by atoms with van der Waals surface area (Å²) in [6, 6.07) is 0. The van der Waals surface area contributed by atoms with Crippen LogP contribution >= 0.6 is 12.4 Å². The third-order valence-corrected chi connectivity index (χ3v) is 0.227. The van der Waals surface area contributed by atoms with E-state index in [0.717, 1.165) is 6.39 Å². The molecule has 0 N–H and O–H groups in total. The summed E-state index contributed by atoms with van der Waals surface area (Å²) in [6.45, 7) is 0. The van der Waals surface area contributed by atoms with Crippen LogP contribution in [0.1, 0.15) is 0 Å². The van der Waals surface area contributed by atoms with Crippen molar-refractivity contribution in [2.75, 3.05) is 0 Å². The zero-order chi connectivity index (χ0) is 4.24. The predicted octanol–water partition coefficient (Wildman–Crippen LogP) is 1.000. The molecule has 42 valence electrons. The molecule has 0 aliphatic heterocycles. The van der Waals surface area contributed by atoms with Gasteiger partial charge in [0.05, 0.1) is 0 Å². The maximum atomic E-state index is 3.93. The van der Waals surface area contributed by atoms with Gasteiger partial charge in [0.1, 0.15) is 0 Å². The van der Waals surface area contributed by atoms with E-state index in [9.17, 15) is 0 Å². The van der Waals surface area contributed by atoms with Gasteiger partial charge in [-0.05, 0) is 9.47 Å². The molecule has 1 aromatic rings. The summed E-state index contributed by atoms with van der Waals surface area (Å²) in [5.74, 6) is 0. The second-order valence-corrected chi connectivity index (χ2v) is 0.518. The van der Waals surface area contributed by atoms with Crippen LogP contribution in [0.4, 0.5) is 0 Å². The molecule has 5 nitrogen and oxygen atoms in total. The topological polar surface area (TPSA) is 65.5 Å². The van der Waals surface area contributed by atoms with Gasteiger partial charge in [-0.2, -0.15) is 0 Å². The smallest absolute Gasteiger partial charge is 0.233 e. The Balaban J connectivity index is 0.000000360. The van der Waals surface area contributed by atoms with Crippen LogP contribution in [0.2, 0.25) is 0 Å². The highest BCUT2D eigenvalue weighted by atomic mass is 35.5. The predicted molar refractivity (Wildman–Crippen MR) is 18.2 cm³/mol. The Kier molecular flexibility index (Phi) is 2.95. The fraction of sp³-hybridized carbons (Fsp3) is 0. The highest BCUT2D eigenvalue weighted by Gasteiger charge is 1.63. The van der Waals surface area contributed by atoms with E-state index in [1.54, 1.807) is 0 Å². The van der Waals surface area contributed by atoms with E-state index < -0.39 is 0 Å². The van der Waals surface area contributed by atoms with E-state index in [-0.39, 0.29) is 12.4 Å². The Morgan fingerprint density at radius 3 is 2.29 bits per heavy atom. The Morgan fingerprint density at radius 1 is 1.29 bits per heavy atom. The van der Waals surface area contributed by atoms with Gasteiger partial charge in [0.2, 0.25) is 0 Å². The van der Waals surface area contributed by atoms with Crippen LogP contribution in [0.3, 0.4) is 0 Å². The number of halogens is 1. The molecule has 0 saturated carbocycles. The second kappa shape index (κ2) is 3.35. The van der Waals surface area contributed by atoms with Gasteiger partial charge >= 0.3 is 0 Å². The highest BCUT2D eigenvalue weighted by Crippen LogP contribution is 1.73. The summed E-state index contributed by atoms with van der Waals surface area (Å²) >= 11 is 0. The van der Waals surface area contributed by atoms with Crippen molar-refractivity contribution in [3.8, 4) is 0 Å². The van der Waals surface area contributed by atoms with Crippen LogP contribution in [0.15, 0.2) is 25.1 Å². The van der Waals surface area contributed by atoms with Crippen LogP contribution in [0.5, 0.6) is 0 Å². The van der Waals surface area contributed by atoms with Gasteiger partial charge in [0.15, 0.2) is 0 Å².